The van der Waals surface area contributed by atoms with E-state index < -0.39 is 5.54 Å². The highest BCUT2D eigenvalue weighted by atomic mass is 32.2. The molecule has 2 atom stereocenters. The van der Waals surface area contributed by atoms with Crippen LogP contribution in [0, 0.1) is 17.3 Å². The summed E-state index contributed by atoms with van der Waals surface area (Å²) in [6, 6.07) is 8.12. The number of rotatable bonds is 9. The van der Waals surface area contributed by atoms with Crippen LogP contribution in [0.4, 0.5) is 4.79 Å². The van der Waals surface area contributed by atoms with Gasteiger partial charge in [-0.05, 0) is 61.5 Å². The molecule has 4 rings (SSSR count). The van der Waals surface area contributed by atoms with E-state index in [0.717, 1.165) is 70.3 Å². The highest BCUT2D eigenvalue weighted by molar-refractivity contribution is 7.98. The zero-order valence-electron chi connectivity index (χ0n) is 22.3. The average molecular weight is 515 g/mol. The first-order valence-corrected chi connectivity index (χ1v) is 14.5. The number of thioether (sulfide) groups is 1. The number of amides is 3. The summed E-state index contributed by atoms with van der Waals surface area (Å²) in [4.78, 5) is 44.9. The number of benzene rings is 1. The van der Waals surface area contributed by atoms with Crippen LogP contribution in [-0.4, -0.2) is 84.5 Å². The van der Waals surface area contributed by atoms with Crippen molar-refractivity contribution in [3.05, 3.63) is 29.8 Å². The van der Waals surface area contributed by atoms with Gasteiger partial charge in [0, 0.05) is 63.0 Å². The smallest absolute Gasteiger partial charge is 0.317 e. The predicted molar refractivity (Wildman–Crippen MR) is 144 cm³/mol. The summed E-state index contributed by atoms with van der Waals surface area (Å²) >= 11 is 1.70. The second-order valence-corrected chi connectivity index (χ2v) is 12.5. The zero-order valence-corrected chi connectivity index (χ0v) is 23.1. The minimum Gasteiger partial charge on any atom is -0.342 e. The summed E-state index contributed by atoms with van der Waals surface area (Å²) in [6.07, 6.45) is 6.90. The van der Waals surface area contributed by atoms with E-state index >= 15 is 0 Å². The summed E-state index contributed by atoms with van der Waals surface area (Å²) in [5.74, 6) is 1.32. The van der Waals surface area contributed by atoms with E-state index in [-0.39, 0.29) is 11.4 Å². The van der Waals surface area contributed by atoms with Gasteiger partial charge in [0.15, 0.2) is 0 Å². The second-order valence-electron chi connectivity index (χ2n) is 11.6. The van der Waals surface area contributed by atoms with Crippen molar-refractivity contribution in [1.29, 1.82) is 0 Å². The molecule has 2 heterocycles. The molecule has 36 heavy (non-hydrogen) atoms. The summed E-state index contributed by atoms with van der Waals surface area (Å²) < 4.78 is 0. The number of aldehydes is 1. The van der Waals surface area contributed by atoms with Crippen LogP contribution in [0.2, 0.25) is 0 Å². The lowest BCUT2D eigenvalue weighted by Crippen LogP contribution is -2.58. The van der Waals surface area contributed by atoms with Crippen LogP contribution in [0.3, 0.4) is 0 Å². The fraction of sp³-hybridized carbons (Fsp3) is 0.679. The van der Waals surface area contributed by atoms with Crippen molar-refractivity contribution in [3.63, 3.8) is 0 Å². The third kappa shape index (κ3) is 6.25. The van der Waals surface area contributed by atoms with Crippen molar-refractivity contribution in [3.8, 4) is 0 Å². The number of likely N-dealkylation sites (tertiary alicyclic amines) is 2. The summed E-state index contributed by atoms with van der Waals surface area (Å²) in [5.41, 5.74) is 0.492. The molecule has 1 saturated carbocycles. The van der Waals surface area contributed by atoms with Crippen LogP contribution in [0.25, 0.3) is 0 Å². The summed E-state index contributed by atoms with van der Waals surface area (Å²) in [5, 5.41) is 3.22. The van der Waals surface area contributed by atoms with E-state index in [1.165, 1.54) is 4.90 Å². The Morgan fingerprint density at radius 3 is 2.39 bits per heavy atom. The van der Waals surface area contributed by atoms with Crippen molar-refractivity contribution >= 4 is 30.0 Å². The number of hydrogen-bond acceptors (Lipinski definition) is 5. The van der Waals surface area contributed by atoms with Gasteiger partial charge in [0.1, 0.15) is 6.29 Å². The molecule has 8 heteroatoms. The van der Waals surface area contributed by atoms with Crippen molar-refractivity contribution < 1.29 is 14.4 Å². The molecular weight excluding hydrogens is 472 g/mol. The molecule has 0 radical (unpaired) electrons. The third-order valence-corrected chi connectivity index (χ3v) is 9.39. The normalized spacial score (nSPS) is 24.8. The van der Waals surface area contributed by atoms with Crippen LogP contribution >= 0.6 is 11.8 Å². The zero-order chi connectivity index (χ0) is 25.9. The van der Waals surface area contributed by atoms with Gasteiger partial charge in [0.25, 0.3) is 0 Å². The fourth-order valence-corrected chi connectivity index (χ4v) is 6.06. The lowest BCUT2D eigenvalue weighted by atomic mass is 9.84. The number of carbonyl (C=O) groups is 3. The van der Waals surface area contributed by atoms with E-state index in [9.17, 15) is 14.4 Å². The molecule has 1 N–H and O–H groups in total. The fourth-order valence-electron chi connectivity index (χ4n) is 5.65. The number of carbonyl (C=O) groups excluding carboxylic acids is 3. The molecule has 2 unspecified atom stereocenters. The van der Waals surface area contributed by atoms with E-state index in [1.807, 2.05) is 6.26 Å². The number of piperidine rings is 1. The predicted octanol–water partition coefficient (Wildman–Crippen LogP) is 3.87. The van der Waals surface area contributed by atoms with Crippen molar-refractivity contribution in [2.75, 3.05) is 46.0 Å². The SMILES string of the molecule is CSc1ccc(CN(C)C(=O)NC2(CC=O)CCN(CC3CN(C(=O)C4(C)CC4)CC3C)CC2)cc1. The first-order chi connectivity index (χ1) is 17.2. The van der Waals surface area contributed by atoms with Gasteiger partial charge in [0.2, 0.25) is 5.91 Å². The number of urea groups is 1. The second kappa shape index (κ2) is 11.1. The van der Waals surface area contributed by atoms with Crippen molar-refractivity contribution in [1.82, 2.24) is 20.0 Å². The largest absolute Gasteiger partial charge is 0.342 e. The molecule has 2 saturated heterocycles. The Bertz CT molecular complexity index is 941. The van der Waals surface area contributed by atoms with Crippen LogP contribution in [0.1, 0.15) is 51.5 Å². The number of nitrogens with one attached hydrogen (secondary N) is 1. The Morgan fingerprint density at radius 2 is 1.81 bits per heavy atom. The standard InChI is InChI=1S/C28H42N4O3S/c1-21-17-32(25(34)27(2)9-10-27)20-23(21)19-31-14-11-28(12-15-31,13-16-33)29-26(35)30(3)18-22-5-7-24(36-4)8-6-22/h5-8,16,21,23H,9-15,17-20H2,1-4H3,(H,29,35). The Kier molecular flexibility index (Phi) is 8.35. The Labute approximate surface area is 220 Å². The van der Waals surface area contributed by atoms with E-state index in [1.54, 1.807) is 23.7 Å². The van der Waals surface area contributed by atoms with E-state index in [2.05, 4.69) is 53.2 Å². The molecule has 1 aromatic carbocycles. The molecule has 0 aromatic heterocycles. The van der Waals surface area contributed by atoms with Gasteiger partial charge in [0.05, 0.1) is 5.54 Å². The van der Waals surface area contributed by atoms with Gasteiger partial charge in [-0.25, -0.2) is 4.79 Å². The van der Waals surface area contributed by atoms with E-state index in [4.69, 9.17) is 0 Å². The molecule has 2 aliphatic heterocycles. The molecule has 3 fully saturated rings. The maximum absolute atomic E-state index is 13.1. The Hall–Kier alpha value is -2.06. The molecule has 3 amide bonds. The lowest BCUT2D eigenvalue weighted by Gasteiger charge is -2.43. The van der Waals surface area contributed by atoms with Gasteiger partial charge in [-0.3, -0.25) is 4.79 Å². The quantitative estimate of drug-likeness (QED) is 0.400. The first kappa shape index (κ1) is 27.0. The van der Waals surface area contributed by atoms with Crippen molar-refractivity contribution in [2.45, 2.75) is 62.9 Å². The molecule has 7 nitrogen and oxygen atoms in total. The van der Waals surface area contributed by atoms with Crippen LogP contribution in [-0.2, 0) is 16.1 Å². The molecule has 3 aliphatic rings. The van der Waals surface area contributed by atoms with E-state index in [0.29, 0.717) is 30.7 Å². The monoisotopic (exact) mass is 514 g/mol. The molecule has 1 aromatic rings. The maximum Gasteiger partial charge on any atom is 0.317 e. The van der Waals surface area contributed by atoms with Crippen LogP contribution < -0.4 is 5.32 Å². The van der Waals surface area contributed by atoms with Crippen molar-refractivity contribution in [2.24, 2.45) is 17.3 Å². The lowest BCUT2D eigenvalue weighted by molar-refractivity contribution is -0.135. The summed E-state index contributed by atoms with van der Waals surface area (Å²) in [6.45, 7) is 9.27. The third-order valence-electron chi connectivity index (χ3n) is 8.65. The van der Waals surface area contributed by atoms with Gasteiger partial charge >= 0.3 is 6.03 Å². The molecule has 0 bridgehead atoms. The minimum atomic E-state index is -0.490. The summed E-state index contributed by atoms with van der Waals surface area (Å²) in [7, 11) is 1.80. The minimum absolute atomic E-state index is 0.0996. The number of nitrogens with zero attached hydrogens (tertiary/aromatic N) is 3. The Balaban J connectivity index is 1.28. The van der Waals surface area contributed by atoms with Gasteiger partial charge in [-0.2, -0.15) is 0 Å². The highest BCUT2D eigenvalue weighted by Crippen LogP contribution is 2.47. The van der Waals surface area contributed by atoms with Gasteiger partial charge in [-0.1, -0.05) is 26.0 Å². The first-order valence-electron chi connectivity index (χ1n) is 13.3. The molecule has 0 spiro atoms. The number of hydrogen-bond donors (Lipinski definition) is 1. The highest BCUT2D eigenvalue weighted by Gasteiger charge is 2.49. The Morgan fingerprint density at radius 1 is 1.14 bits per heavy atom. The van der Waals surface area contributed by atoms with Crippen LogP contribution in [0.15, 0.2) is 29.2 Å². The van der Waals surface area contributed by atoms with Gasteiger partial charge < -0.3 is 24.8 Å². The average Bonchev–Trinajstić information content (AvgIpc) is 3.52. The molecule has 198 valence electrons. The topological polar surface area (TPSA) is 73.0 Å². The molecule has 1 aliphatic carbocycles. The van der Waals surface area contributed by atoms with Crippen LogP contribution in [0.5, 0.6) is 0 Å². The maximum atomic E-state index is 13.1. The van der Waals surface area contributed by atoms with Gasteiger partial charge in [-0.15, -0.1) is 11.8 Å². The molecular formula is C28H42N4O3S.